The zero-order valence-corrected chi connectivity index (χ0v) is 13.0. The van der Waals surface area contributed by atoms with Crippen LogP contribution in [0.4, 0.5) is 9.59 Å². The summed E-state index contributed by atoms with van der Waals surface area (Å²) in [5, 5.41) is 7.88. The summed E-state index contributed by atoms with van der Waals surface area (Å²) in [6, 6.07) is 7.23. The first-order chi connectivity index (χ1) is 10.7. The van der Waals surface area contributed by atoms with Crippen molar-refractivity contribution in [2.24, 2.45) is 0 Å². The summed E-state index contributed by atoms with van der Waals surface area (Å²) in [4.78, 5) is 22.6. The van der Waals surface area contributed by atoms with E-state index in [1.165, 1.54) is 0 Å². The fourth-order valence-electron chi connectivity index (χ4n) is 1.64. The SMILES string of the molecule is CCOC(=O)NCCNC(=O)NCc1ccc(OCC)cc1. The largest absolute Gasteiger partial charge is 0.494 e. The van der Waals surface area contributed by atoms with Gasteiger partial charge in [0.25, 0.3) is 0 Å². The molecule has 0 saturated carbocycles. The molecule has 122 valence electrons. The van der Waals surface area contributed by atoms with Crippen molar-refractivity contribution in [2.45, 2.75) is 20.4 Å². The van der Waals surface area contributed by atoms with E-state index < -0.39 is 6.09 Å². The van der Waals surface area contributed by atoms with E-state index in [0.717, 1.165) is 11.3 Å². The Morgan fingerprint density at radius 3 is 2.27 bits per heavy atom. The van der Waals surface area contributed by atoms with Crippen LogP contribution >= 0.6 is 0 Å². The molecule has 7 heteroatoms. The molecule has 0 aliphatic heterocycles. The van der Waals surface area contributed by atoms with Gasteiger partial charge in [0.15, 0.2) is 0 Å². The highest BCUT2D eigenvalue weighted by Gasteiger charge is 2.02. The maximum absolute atomic E-state index is 11.6. The topological polar surface area (TPSA) is 88.7 Å². The quantitative estimate of drug-likeness (QED) is 0.637. The van der Waals surface area contributed by atoms with Crippen molar-refractivity contribution in [3.8, 4) is 5.75 Å². The molecule has 1 aromatic carbocycles. The van der Waals surface area contributed by atoms with Crippen LogP contribution < -0.4 is 20.7 Å². The van der Waals surface area contributed by atoms with Crippen molar-refractivity contribution in [3.63, 3.8) is 0 Å². The molecule has 0 aliphatic carbocycles. The minimum atomic E-state index is -0.487. The van der Waals surface area contributed by atoms with Gasteiger partial charge in [-0.05, 0) is 31.5 Å². The first kappa shape index (κ1) is 17.6. The van der Waals surface area contributed by atoms with Gasteiger partial charge in [-0.25, -0.2) is 9.59 Å². The normalized spacial score (nSPS) is 9.73. The van der Waals surface area contributed by atoms with E-state index in [1.54, 1.807) is 6.92 Å². The third-order valence-electron chi connectivity index (χ3n) is 2.64. The molecule has 3 amide bonds. The van der Waals surface area contributed by atoms with Crippen LogP contribution in [0.5, 0.6) is 5.75 Å². The Bertz CT molecular complexity index is 462. The Labute approximate surface area is 130 Å². The van der Waals surface area contributed by atoms with E-state index in [-0.39, 0.29) is 6.03 Å². The number of nitrogens with one attached hydrogen (secondary N) is 3. The van der Waals surface area contributed by atoms with Gasteiger partial charge in [-0.3, -0.25) is 0 Å². The van der Waals surface area contributed by atoms with Gasteiger partial charge in [-0.2, -0.15) is 0 Å². The maximum atomic E-state index is 11.6. The van der Waals surface area contributed by atoms with Crippen molar-refractivity contribution < 1.29 is 19.1 Å². The molecular formula is C15H23N3O4. The summed E-state index contributed by atoms with van der Waals surface area (Å²) in [5.41, 5.74) is 0.975. The van der Waals surface area contributed by atoms with Crippen LogP contribution in [-0.2, 0) is 11.3 Å². The third kappa shape index (κ3) is 7.37. The minimum absolute atomic E-state index is 0.292. The van der Waals surface area contributed by atoms with Crippen molar-refractivity contribution in [3.05, 3.63) is 29.8 Å². The first-order valence-electron chi connectivity index (χ1n) is 7.29. The lowest BCUT2D eigenvalue weighted by Gasteiger charge is -2.09. The maximum Gasteiger partial charge on any atom is 0.407 e. The summed E-state index contributed by atoms with van der Waals surface area (Å²) in [5.74, 6) is 0.806. The highest BCUT2D eigenvalue weighted by molar-refractivity contribution is 5.74. The minimum Gasteiger partial charge on any atom is -0.494 e. The molecule has 7 nitrogen and oxygen atoms in total. The molecule has 0 saturated heterocycles. The molecule has 0 unspecified atom stereocenters. The molecule has 0 atom stereocenters. The van der Waals surface area contributed by atoms with Crippen LogP contribution in [0.25, 0.3) is 0 Å². The zero-order chi connectivity index (χ0) is 16.2. The van der Waals surface area contributed by atoms with Crippen LogP contribution in [0.3, 0.4) is 0 Å². The highest BCUT2D eigenvalue weighted by atomic mass is 16.5. The molecule has 1 aromatic rings. The number of amides is 3. The standard InChI is InChI=1S/C15H23N3O4/c1-3-21-13-7-5-12(6-8-13)11-18-14(19)16-9-10-17-15(20)22-4-2/h5-8H,3-4,9-11H2,1-2H3,(H,17,20)(H2,16,18,19). The fourth-order valence-corrected chi connectivity index (χ4v) is 1.64. The van der Waals surface area contributed by atoms with E-state index in [1.807, 2.05) is 31.2 Å². The van der Waals surface area contributed by atoms with Gasteiger partial charge < -0.3 is 25.4 Å². The summed E-state index contributed by atoms with van der Waals surface area (Å²) < 4.78 is 10.0. The van der Waals surface area contributed by atoms with Gasteiger partial charge in [0, 0.05) is 19.6 Å². The number of ether oxygens (including phenoxy) is 2. The van der Waals surface area contributed by atoms with Crippen molar-refractivity contribution in [2.75, 3.05) is 26.3 Å². The second-order valence-electron chi connectivity index (χ2n) is 4.33. The van der Waals surface area contributed by atoms with Gasteiger partial charge in [0.2, 0.25) is 0 Å². The van der Waals surface area contributed by atoms with Crippen LogP contribution in [0, 0.1) is 0 Å². The molecular weight excluding hydrogens is 286 g/mol. The molecule has 3 N–H and O–H groups in total. The monoisotopic (exact) mass is 309 g/mol. The van der Waals surface area contributed by atoms with E-state index in [2.05, 4.69) is 16.0 Å². The second kappa shape index (κ2) is 10.3. The fraction of sp³-hybridized carbons (Fsp3) is 0.467. The Hall–Kier alpha value is -2.44. The van der Waals surface area contributed by atoms with E-state index >= 15 is 0 Å². The summed E-state index contributed by atoms with van der Waals surface area (Å²) in [6.07, 6.45) is -0.487. The number of rotatable bonds is 8. The van der Waals surface area contributed by atoms with Gasteiger partial charge in [-0.15, -0.1) is 0 Å². The molecule has 0 spiro atoms. The van der Waals surface area contributed by atoms with E-state index in [9.17, 15) is 9.59 Å². The molecule has 0 fully saturated rings. The Balaban J connectivity index is 2.16. The predicted molar refractivity (Wildman–Crippen MR) is 82.9 cm³/mol. The lowest BCUT2D eigenvalue weighted by molar-refractivity contribution is 0.152. The molecule has 1 rings (SSSR count). The predicted octanol–water partition coefficient (Wildman–Crippen LogP) is 1.63. The average Bonchev–Trinajstić information content (AvgIpc) is 2.51. The number of urea groups is 1. The molecule has 22 heavy (non-hydrogen) atoms. The number of hydrogen-bond acceptors (Lipinski definition) is 4. The first-order valence-corrected chi connectivity index (χ1v) is 7.29. The second-order valence-corrected chi connectivity index (χ2v) is 4.33. The van der Waals surface area contributed by atoms with Gasteiger partial charge in [0.1, 0.15) is 5.75 Å². The Morgan fingerprint density at radius 2 is 1.64 bits per heavy atom. The van der Waals surface area contributed by atoms with Gasteiger partial charge >= 0.3 is 12.1 Å². The Kier molecular flexibility index (Phi) is 8.25. The summed E-state index contributed by atoms with van der Waals surface area (Å²) in [7, 11) is 0. The summed E-state index contributed by atoms with van der Waals surface area (Å²) >= 11 is 0. The Morgan fingerprint density at radius 1 is 0.955 bits per heavy atom. The third-order valence-corrected chi connectivity index (χ3v) is 2.64. The highest BCUT2D eigenvalue weighted by Crippen LogP contribution is 2.11. The molecule has 0 aliphatic rings. The zero-order valence-electron chi connectivity index (χ0n) is 13.0. The van der Waals surface area contributed by atoms with Crippen molar-refractivity contribution in [1.82, 2.24) is 16.0 Å². The smallest absolute Gasteiger partial charge is 0.407 e. The number of alkyl carbamates (subject to hydrolysis) is 1. The van der Waals surface area contributed by atoms with Crippen molar-refractivity contribution in [1.29, 1.82) is 0 Å². The lowest BCUT2D eigenvalue weighted by Crippen LogP contribution is -2.40. The van der Waals surface area contributed by atoms with Crippen LogP contribution in [-0.4, -0.2) is 38.4 Å². The number of hydrogen-bond donors (Lipinski definition) is 3. The molecule has 0 radical (unpaired) electrons. The average molecular weight is 309 g/mol. The van der Waals surface area contributed by atoms with E-state index in [0.29, 0.717) is 32.8 Å². The number of benzene rings is 1. The summed E-state index contributed by atoms with van der Waals surface area (Å²) in [6.45, 7) is 5.66. The number of carbonyl (C=O) groups excluding carboxylic acids is 2. The number of carbonyl (C=O) groups is 2. The van der Waals surface area contributed by atoms with Crippen LogP contribution in [0.2, 0.25) is 0 Å². The molecule has 0 heterocycles. The van der Waals surface area contributed by atoms with Crippen molar-refractivity contribution >= 4 is 12.1 Å². The molecule has 0 aromatic heterocycles. The van der Waals surface area contributed by atoms with E-state index in [4.69, 9.17) is 9.47 Å². The molecule has 0 bridgehead atoms. The van der Waals surface area contributed by atoms with Gasteiger partial charge in [0.05, 0.1) is 13.2 Å². The van der Waals surface area contributed by atoms with Gasteiger partial charge in [-0.1, -0.05) is 12.1 Å². The van der Waals surface area contributed by atoms with Crippen LogP contribution in [0.15, 0.2) is 24.3 Å². The lowest BCUT2D eigenvalue weighted by atomic mass is 10.2. The van der Waals surface area contributed by atoms with Crippen LogP contribution in [0.1, 0.15) is 19.4 Å².